The van der Waals surface area contributed by atoms with E-state index in [0.29, 0.717) is 11.4 Å². The van der Waals surface area contributed by atoms with Gasteiger partial charge in [0, 0.05) is 24.4 Å². The molecule has 1 aromatic rings. The lowest BCUT2D eigenvalue weighted by Gasteiger charge is -2.01. The van der Waals surface area contributed by atoms with E-state index in [1.54, 1.807) is 12.1 Å². The number of hydrogen-bond donors (Lipinski definition) is 0. The molecule has 1 aromatic heterocycles. The second-order valence-electron chi connectivity index (χ2n) is 2.68. The second-order valence-corrected chi connectivity index (χ2v) is 4.17. The van der Waals surface area contributed by atoms with Crippen molar-refractivity contribution in [2.75, 3.05) is 12.9 Å². The summed E-state index contributed by atoms with van der Waals surface area (Å²) in [5, 5.41) is 0. The van der Waals surface area contributed by atoms with Crippen molar-refractivity contribution in [2.24, 2.45) is 0 Å². The molecule has 0 aliphatic rings. The first-order chi connectivity index (χ1) is 6.51. The van der Waals surface area contributed by atoms with Gasteiger partial charge in [-0.15, -0.1) is 3.89 Å². The van der Waals surface area contributed by atoms with Gasteiger partial charge in [0.15, 0.2) is 0 Å². The van der Waals surface area contributed by atoms with Crippen LogP contribution in [0.15, 0.2) is 18.3 Å². The zero-order chi connectivity index (χ0) is 10.6. The lowest BCUT2D eigenvalue weighted by Crippen LogP contribution is -2.03. The minimum absolute atomic E-state index is 0.0516. The minimum atomic E-state index is -4.42. The third kappa shape index (κ3) is 3.69. The summed E-state index contributed by atoms with van der Waals surface area (Å²) in [6, 6.07) is 3.21. The molecular weight excluding hydrogens is 209 g/mol. The van der Waals surface area contributed by atoms with Crippen LogP contribution in [0.1, 0.15) is 5.69 Å². The molecule has 0 fully saturated rings. The SMILES string of the molecule is COc1ccnc(CCS(=O)(=O)F)c1. The van der Waals surface area contributed by atoms with Gasteiger partial charge in [-0.2, -0.15) is 8.42 Å². The molecule has 0 N–H and O–H groups in total. The summed E-state index contributed by atoms with van der Waals surface area (Å²) in [7, 11) is -2.93. The Hall–Kier alpha value is -1.17. The third-order valence-electron chi connectivity index (χ3n) is 1.63. The van der Waals surface area contributed by atoms with Crippen molar-refractivity contribution >= 4 is 10.2 Å². The summed E-state index contributed by atoms with van der Waals surface area (Å²) in [6.45, 7) is 0. The lowest BCUT2D eigenvalue weighted by atomic mass is 10.3. The van der Waals surface area contributed by atoms with Crippen molar-refractivity contribution in [3.8, 4) is 5.75 Å². The molecule has 4 nitrogen and oxygen atoms in total. The number of hydrogen-bond acceptors (Lipinski definition) is 4. The van der Waals surface area contributed by atoms with Crippen molar-refractivity contribution in [3.05, 3.63) is 24.0 Å². The first-order valence-corrected chi connectivity index (χ1v) is 5.48. The summed E-state index contributed by atoms with van der Waals surface area (Å²) in [5.74, 6) is 0.0268. The molecule has 0 aliphatic carbocycles. The lowest BCUT2D eigenvalue weighted by molar-refractivity contribution is 0.413. The molecule has 14 heavy (non-hydrogen) atoms. The molecule has 0 bridgehead atoms. The van der Waals surface area contributed by atoms with Gasteiger partial charge in [0.1, 0.15) is 5.75 Å². The van der Waals surface area contributed by atoms with Crippen LogP contribution in [0.4, 0.5) is 3.89 Å². The Bertz CT molecular complexity index is 405. The summed E-state index contributed by atoms with van der Waals surface area (Å²) >= 11 is 0. The van der Waals surface area contributed by atoms with Crippen molar-refractivity contribution in [1.82, 2.24) is 4.98 Å². The predicted octanol–water partition coefficient (Wildman–Crippen LogP) is 0.932. The highest BCUT2D eigenvalue weighted by Crippen LogP contribution is 2.10. The van der Waals surface area contributed by atoms with E-state index >= 15 is 0 Å². The molecule has 0 spiro atoms. The van der Waals surface area contributed by atoms with Crippen molar-refractivity contribution in [1.29, 1.82) is 0 Å². The molecule has 6 heteroatoms. The Morgan fingerprint density at radius 2 is 2.29 bits per heavy atom. The van der Waals surface area contributed by atoms with Crippen LogP contribution in [0.5, 0.6) is 5.75 Å². The average Bonchev–Trinajstić information content (AvgIpc) is 2.14. The van der Waals surface area contributed by atoms with Gasteiger partial charge in [-0.3, -0.25) is 4.98 Å². The number of halogens is 1. The molecule has 1 rings (SSSR count). The fraction of sp³-hybridized carbons (Fsp3) is 0.375. The smallest absolute Gasteiger partial charge is 0.302 e. The molecule has 0 amide bonds. The highest BCUT2D eigenvalue weighted by molar-refractivity contribution is 7.86. The van der Waals surface area contributed by atoms with Crippen LogP contribution in [-0.2, 0) is 16.6 Å². The number of aryl methyl sites for hydroxylation is 1. The van der Waals surface area contributed by atoms with Crippen LogP contribution >= 0.6 is 0 Å². The zero-order valence-corrected chi connectivity index (χ0v) is 8.42. The predicted molar refractivity (Wildman–Crippen MR) is 49.4 cm³/mol. The topological polar surface area (TPSA) is 56.3 Å². The maximum Gasteiger partial charge on any atom is 0.302 e. The first kappa shape index (κ1) is 10.9. The normalized spacial score (nSPS) is 11.3. The number of methoxy groups -OCH3 is 1. The van der Waals surface area contributed by atoms with Crippen LogP contribution < -0.4 is 4.74 Å². The molecule has 78 valence electrons. The van der Waals surface area contributed by atoms with E-state index in [-0.39, 0.29) is 6.42 Å². The fourth-order valence-corrected chi connectivity index (χ4v) is 1.40. The molecule has 0 aromatic carbocycles. The van der Waals surface area contributed by atoms with Gasteiger partial charge in [-0.05, 0) is 6.07 Å². The molecular formula is C8H10FNO3S. The highest BCUT2D eigenvalue weighted by atomic mass is 32.3. The summed E-state index contributed by atoms with van der Waals surface area (Å²) in [6.07, 6.45) is 1.54. The van der Waals surface area contributed by atoms with Crippen molar-refractivity contribution in [2.45, 2.75) is 6.42 Å². The standard InChI is InChI=1S/C8H10FNO3S/c1-13-8-2-4-10-7(6-8)3-5-14(9,11)12/h2,4,6H,3,5H2,1H3. The Labute approximate surface area is 81.9 Å². The quantitative estimate of drug-likeness (QED) is 0.707. The first-order valence-electron chi connectivity index (χ1n) is 3.92. The second kappa shape index (κ2) is 4.36. The van der Waals surface area contributed by atoms with Crippen molar-refractivity contribution in [3.63, 3.8) is 0 Å². The number of rotatable bonds is 4. The zero-order valence-electron chi connectivity index (χ0n) is 7.60. The summed E-state index contributed by atoms with van der Waals surface area (Å²) < 4.78 is 37.5. The van der Waals surface area contributed by atoms with Crippen LogP contribution in [0.2, 0.25) is 0 Å². The van der Waals surface area contributed by atoms with E-state index in [9.17, 15) is 12.3 Å². The number of pyridine rings is 1. The molecule has 1 heterocycles. The van der Waals surface area contributed by atoms with E-state index in [4.69, 9.17) is 4.74 Å². The molecule has 0 saturated heterocycles. The van der Waals surface area contributed by atoms with Gasteiger partial charge in [-0.1, -0.05) is 0 Å². The Morgan fingerprint density at radius 3 is 2.86 bits per heavy atom. The molecule has 0 unspecified atom stereocenters. The number of nitrogens with zero attached hydrogens (tertiary/aromatic N) is 1. The van der Waals surface area contributed by atoms with E-state index in [1.807, 2.05) is 0 Å². The van der Waals surface area contributed by atoms with Crippen molar-refractivity contribution < 1.29 is 17.0 Å². The maximum atomic E-state index is 12.2. The van der Waals surface area contributed by atoms with Gasteiger partial charge in [-0.25, -0.2) is 0 Å². The van der Waals surface area contributed by atoms with E-state index < -0.39 is 16.0 Å². The molecule has 0 radical (unpaired) electrons. The highest BCUT2D eigenvalue weighted by Gasteiger charge is 2.08. The molecule has 0 saturated carbocycles. The van der Waals surface area contributed by atoms with Crippen LogP contribution in [0.25, 0.3) is 0 Å². The molecule has 0 aliphatic heterocycles. The van der Waals surface area contributed by atoms with E-state index in [2.05, 4.69) is 4.98 Å². The van der Waals surface area contributed by atoms with Crippen LogP contribution in [0.3, 0.4) is 0 Å². The summed E-state index contributed by atoms with van der Waals surface area (Å²) in [4.78, 5) is 3.88. The van der Waals surface area contributed by atoms with Gasteiger partial charge >= 0.3 is 10.2 Å². The number of aromatic nitrogens is 1. The van der Waals surface area contributed by atoms with Gasteiger partial charge < -0.3 is 4.74 Å². The van der Waals surface area contributed by atoms with E-state index in [1.165, 1.54) is 13.3 Å². The Balaban J connectivity index is 2.68. The van der Waals surface area contributed by atoms with Gasteiger partial charge in [0.25, 0.3) is 0 Å². The number of ether oxygens (including phenoxy) is 1. The fourth-order valence-electron chi connectivity index (χ4n) is 0.946. The minimum Gasteiger partial charge on any atom is -0.497 e. The van der Waals surface area contributed by atoms with Crippen LogP contribution in [-0.4, -0.2) is 26.3 Å². The molecule has 0 atom stereocenters. The van der Waals surface area contributed by atoms with E-state index in [0.717, 1.165) is 0 Å². The van der Waals surface area contributed by atoms with Gasteiger partial charge in [0.2, 0.25) is 0 Å². The average molecular weight is 219 g/mol. The monoisotopic (exact) mass is 219 g/mol. The van der Waals surface area contributed by atoms with Crippen LogP contribution in [0, 0.1) is 0 Å². The summed E-state index contributed by atoms with van der Waals surface area (Å²) in [5.41, 5.74) is 0.491. The third-order valence-corrected chi connectivity index (χ3v) is 2.32. The largest absolute Gasteiger partial charge is 0.497 e. The Morgan fingerprint density at radius 1 is 1.57 bits per heavy atom. The van der Waals surface area contributed by atoms with Gasteiger partial charge in [0.05, 0.1) is 12.9 Å². The maximum absolute atomic E-state index is 12.2. The Kier molecular flexibility index (Phi) is 3.40.